The lowest BCUT2D eigenvalue weighted by Gasteiger charge is -2.06. The lowest BCUT2D eigenvalue weighted by Crippen LogP contribution is -1.92. The van der Waals surface area contributed by atoms with Crippen LogP contribution in [0.3, 0.4) is 0 Å². The Balaban J connectivity index is 2.27. The van der Waals surface area contributed by atoms with E-state index in [0.29, 0.717) is 0 Å². The third-order valence-corrected chi connectivity index (χ3v) is 3.23. The maximum atomic E-state index is 14.0. The van der Waals surface area contributed by atoms with Crippen LogP contribution in [0.15, 0.2) is 47.0 Å². The largest absolute Gasteiger partial charge is 0.380 e. The lowest BCUT2D eigenvalue weighted by atomic mass is 9.99. The molecule has 0 fully saturated rings. The quantitative estimate of drug-likeness (QED) is 0.769. The van der Waals surface area contributed by atoms with Gasteiger partial charge in [-0.3, -0.25) is 0 Å². The van der Waals surface area contributed by atoms with Gasteiger partial charge in [-0.05, 0) is 25.1 Å². The van der Waals surface area contributed by atoms with Crippen LogP contribution in [0.5, 0.6) is 0 Å². The predicted molar refractivity (Wildman–Crippen MR) is 76.4 cm³/mol. The highest BCUT2D eigenvalue weighted by atomic mass is 19.1. The SMILES string of the molecule is Cc1ccc(F)c(-c2onc(N)c2-c2ccccc2F)c1. The van der Waals surface area contributed by atoms with Crippen LogP contribution in [0.1, 0.15) is 5.56 Å². The number of rotatable bonds is 2. The van der Waals surface area contributed by atoms with Gasteiger partial charge in [0.25, 0.3) is 0 Å². The normalized spacial score (nSPS) is 10.8. The molecule has 0 aliphatic carbocycles. The monoisotopic (exact) mass is 286 g/mol. The van der Waals surface area contributed by atoms with Gasteiger partial charge in [-0.1, -0.05) is 35.0 Å². The maximum absolute atomic E-state index is 14.0. The number of benzene rings is 2. The molecule has 0 amide bonds. The molecule has 2 aromatic carbocycles. The fourth-order valence-electron chi connectivity index (χ4n) is 2.22. The second kappa shape index (κ2) is 5.01. The second-order valence-electron chi connectivity index (χ2n) is 4.74. The molecule has 3 rings (SSSR count). The molecule has 0 aliphatic heterocycles. The molecule has 0 saturated heterocycles. The van der Waals surface area contributed by atoms with Crippen molar-refractivity contribution in [1.82, 2.24) is 5.16 Å². The zero-order valence-corrected chi connectivity index (χ0v) is 11.2. The van der Waals surface area contributed by atoms with Crippen LogP contribution >= 0.6 is 0 Å². The summed E-state index contributed by atoms with van der Waals surface area (Å²) in [5.74, 6) is -0.800. The standard InChI is InChI=1S/C16H12F2N2O/c1-9-6-7-13(18)11(8-9)15-14(16(19)20-21-15)10-4-2-3-5-12(10)17/h2-8H,1H3,(H2,19,20). The first kappa shape index (κ1) is 13.3. The van der Waals surface area contributed by atoms with E-state index in [1.807, 2.05) is 6.92 Å². The van der Waals surface area contributed by atoms with Gasteiger partial charge >= 0.3 is 0 Å². The van der Waals surface area contributed by atoms with Crippen LogP contribution in [0.25, 0.3) is 22.5 Å². The minimum absolute atomic E-state index is 0.0241. The van der Waals surface area contributed by atoms with Crippen LogP contribution < -0.4 is 5.73 Å². The molecule has 5 heteroatoms. The Morgan fingerprint density at radius 3 is 2.48 bits per heavy atom. The maximum Gasteiger partial charge on any atom is 0.179 e. The molecule has 0 bridgehead atoms. The van der Waals surface area contributed by atoms with Gasteiger partial charge in [-0.25, -0.2) is 8.78 Å². The van der Waals surface area contributed by atoms with E-state index in [2.05, 4.69) is 5.16 Å². The van der Waals surface area contributed by atoms with E-state index in [4.69, 9.17) is 10.3 Å². The first-order chi connectivity index (χ1) is 10.1. The summed E-state index contributed by atoms with van der Waals surface area (Å²) in [4.78, 5) is 0. The van der Waals surface area contributed by atoms with Gasteiger partial charge in [0, 0.05) is 5.56 Å². The molecule has 2 N–H and O–H groups in total. The molecule has 0 saturated carbocycles. The van der Waals surface area contributed by atoms with Crippen molar-refractivity contribution < 1.29 is 13.3 Å². The van der Waals surface area contributed by atoms with Crippen LogP contribution in [0.4, 0.5) is 14.6 Å². The summed E-state index contributed by atoms with van der Waals surface area (Å²) in [6, 6.07) is 10.7. The van der Waals surface area contributed by atoms with Gasteiger partial charge in [0.05, 0.1) is 11.1 Å². The van der Waals surface area contributed by atoms with Crippen molar-refractivity contribution >= 4 is 5.82 Å². The van der Waals surface area contributed by atoms with Gasteiger partial charge in [0.1, 0.15) is 11.6 Å². The summed E-state index contributed by atoms with van der Waals surface area (Å²) < 4.78 is 33.2. The number of hydrogen-bond acceptors (Lipinski definition) is 3. The summed E-state index contributed by atoms with van der Waals surface area (Å²) in [5.41, 5.74) is 7.32. The number of anilines is 1. The molecule has 3 aromatic rings. The van der Waals surface area contributed by atoms with Crippen LogP contribution in [-0.4, -0.2) is 5.16 Å². The Hall–Kier alpha value is -2.69. The number of nitrogens with two attached hydrogens (primary N) is 1. The van der Waals surface area contributed by atoms with Gasteiger partial charge < -0.3 is 10.3 Å². The smallest absolute Gasteiger partial charge is 0.179 e. The van der Waals surface area contributed by atoms with Crippen molar-refractivity contribution in [2.45, 2.75) is 6.92 Å². The van der Waals surface area contributed by atoms with Crippen molar-refractivity contribution in [3.8, 4) is 22.5 Å². The predicted octanol–water partition coefficient (Wildman–Crippen LogP) is 4.18. The molecule has 0 aliphatic rings. The number of hydrogen-bond donors (Lipinski definition) is 1. The summed E-state index contributed by atoms with van der Waals surface area (Å²) in [5, 5.41) is 3.65. The Labute approximate surface area is 120 Å². The zero-order valence-electron chi connectivity index (χ0n) is 11.2. The molecule has 1 heterocycles. The van der Waals surface area contributed by atoms with E-state index in [-0.39, 0.29) is 28.3 Å². The van der Waals surface area contributed by atoms with E-state index in [9.17, 15) is 8.78 Å². The molecule has 0 spiro atoms. The van der Waals surface area contributed by atoms with Gasteiger partial charge in [-0.15, -0.1) is 0 Å². The molecule has 0 radical (unpaired) electrons. The second-order valence-corrected chi connectivity index (χ2v) is 4.74. The number of nitrogens with zero attached hydrogens (tertiary/aromatic N) is 1. The molecule has 3 nitrogen and oxygen atoms in total. The number of nitrogen functional groups attached to an aromatic ring is 1. The number of aryl methyl sites for hydroxylation is 1. The van der Waals surface area contributed by atoms with Crippen LogP contribution in [0.2, 0.25) is 0 Å². The fourth-order valence-corrected chi connectivity index (χ4v) is 2.22. The van der Waals surface area contributed by atoms with Gasteiger partial charge in [0.15, 0.2) is 11.6 Å². The van der Waals surface area contributed by atoms with Crippen LogP contribution in [0, 0.1) is 18.6 Å². The minimum Gasteiger partial charge on any atom is -0.380 e. The van der Waals surface area contributed by atoms with Crippen molar-refractivity contribution in [3.05, 3.63) is 59.7 Å². The van der Waals surface area contributed by atoms with Crippen molar-refractivity contribution in [2.75, 3.05) is 5.73 Å². The Morgan fingerprint density at radius 2 is 1.71 bits per heavy atom. The first-order valence-corrected chi connectivity index (χ1v) is 6.34. The summed E-state index contributed by atoms with van der Waals surface area (Å²) in [7, 11) is 0. The Morgan fingerprint density at radius 1 is 1.00 bits per heavy atom. The average molecular weight is 286 g/mol. The van der Waals surface area contributed by atoms with Crippen LogP contribution in [-0.2, 0) is 0 Å². The molecule has 106 valence electrons. The number of aromatic nitrogens is 1. The minimum atomic E-state index is -0.477. The van der Waals surface area contributed by atoms with E-state index >= 15 is 0 Å². The average Bonchev–Trinajstić information content (AvgIpc) is 2.84. The molecule has 0 unspecified atom stereocenters. The van der Waals surface area contributed by atoms with Crippen molar-refractivity contribution in [2.24, 2.45) is 0 Å². The van der Waals surface area contributed by atoms with Gasteiger partial charge in [-0.2, -0.15) is 0 Å². The molecular formula is C16H12F2N2O. The van der Waals surface area contributed by atoms with E-state index in [1.54, 1.807) is 30.3 Å². The topological polar surface area (TPSA) is 52.0 Å². The highest BCUT2D eigenvalue weighted by molar-refractivity contribution is 5.87. The Bertz CT molecular complexity index is 812. The molecule has 1 aromatic heterocycles. The van der Waals surface area contributed by atoms with E-state index < -0.39 is 11.6 Å². The fraction of sp³-hybridized carbons (Fsp3) is 0.0625. The molecular weight excluding hydrogens is 274 g/mol. The lowest BCUT2D eigenvalue weighted by molar-refractivity contribution is 0.433. The highest BCUT2D eigenvalue weighted by Crippen LogP contribution is 2.38. The molecule has 0 atom stereocenters. The number of halogens is 2. The summed E-state index contributed by atoms with van der Waals surface area (Å²) in [6.07, 6.45) is 0. The summed E-state index contributed by atoms with van der Waals surface area (Å²) >= 11 is 0. The third-order valence-electron chi connectivity index (χ3n) is 3.23. The van der Waals surface area contributed by atoms with E-state index in [0.717, 1.165) is 5.56 Å². The molecule has 21 heavy (non-hydrogen) atoms. The summed E-state index contributed by atoms with van der Waals surface area (Å²) in [6.45, 7) is 1.82. The van der Waals surface area contributed by atoms with Crippen molar-refractivity contribution in [1.29, 1.82) is 0 Å². The van der Waals surface area contributed by atoms with Crippen molar-refractivity contribution in [3.63, 3.8) is 0 Å². The zero-order chi connectivity index (χ0) is 15.0. The highest BCUT2D eigenvalue weighted by Gasteiger charge is 2.22. The van der Waals surface area contributed by atoms with Gasteiger partial charge in [0.2, 0.25) is 0 Å². The third kappa shape index (κ3) is 2.27. The Kier molecular flexibility index (Phi) is 3.17. The first-order valence-electron chi connectivity index (χ1n) is 6.34. The van der Waals surface area contributed by atoms with E-state index in [1.165, 1.54) is 12.1 Å².